The molecule has 26 heavy (non-hydrogen) atoms. The zero-order valence-corrected chi connectivity index (χ0v) is 16.1. The number of anilines is 1. The lowest BCUT2D eigenvalue weighted by Gasteiger charge is -2.30. The van der Waals surface area contributed by atoms with E-state index >= 15 is 0 Å². The molecule has 0 aromatic heterocycles. The van der Waals surface area contributed by atoms with Gasteiger partial charge in [-0.15, -0.1) is 0 Å². The van der Waals surface area contributed by atoms with Crippen LogP contribution >= 0.6 is 19.2 Å². The van der Waals surface area contributed by atoms with E-state index in [4.69, 9.17) is 20.9 Å². The van der Waals surface area contributed by atoms with Crippen molar-refractivity contribution in [3.05, 3.63) is 34.1 Å². The van der Waals surface area contributed by atoms with Gasteiger partial charge < -0.3 is 14.2 Å². The highest BCUT2D eigenvalue weighted by Crippen LogP contribution is 2.58. The highest BCUT2D eigenvalue weighted by atomic mass is 35.5. The molecule has 1 aromatic carbocycles. The predicted molar refractivity (Wildman–Crippen MR) is 96.2 cm³/mol. The number of nitrogens with zero attached hydrogens (tertiary/aromatic N) is 1. The summed E-state index contributed by atoms with van der Waals surface area (Å²) in [4.78, 5) is 24.5. The van der Waals surface area contributed by atoms with E-state index in [9.17, 15) is 18.6 Å². The lowest BCUT2D eigenvalue weighted by molar-refractivity contribution is -0.114. The van der Waals surface area contributed by atoms with Gasteiger partial charge in [0.2, 0.25) is 0 Å². The average molecular weight is 404 g/mol. The third kappa shape index (κ3) is 3.18. The average Bonchev–Trinajstić information content (AvgIpc) is 2.89. The number of methoxy groups -OCH3 is 1. The summed E-state index contributed by atoms with van der Waals surface area (Å²) in [7, 11) is -2.87. The van der Waals surface area contributed by atoms with Crippen LogP contribution in [-0.2, 0) is 13.9 Å². The summed E-state index contributed by atoms with van der Waals surface area (Å²) in [5, 5.41) is 0.0478. The topological polar surface area (TPSA) is 76.1 Å². The maximum atomic E-state index is 14.7. The molecule has 0 saturated carbocycles. The van der Waals surface area contributed by atoms with E-state index in [-0.39, 0.29) is 23.1 Å². The van der Waals surface area contributed by atoms with Crippen LogP contribution in [0.4, 0.5) is 10.1 Å². The molecule has 2 atom stereocenters. The number of rotatable bonds is 5. The van der Waals surface area contributed by atoms with Gasteiger partial charge in [0.25, 0.3) is 5.91 Å². The van der Waals surface area contributed by atoms with Crippen LogP contribution in [0, 0.1) is 5.82 Å². The van der Waals surface area contributed by atoms with Crippen LogP contribution in [0.15, 0.2) is 23.3 Å². The van der Waals surface area contributed by atoms with E-state index < -0.39 is 25.1 Å². The van der Waals surface area contributed by atoms with Gasteiger partial charge >= 0.3 is 7.60 Å². The molecule has 1 heterocycles. The summed E-state index contributed by atoms with van der Waals surface area (Å²) in [5.41, 5.74) is 0.891. The molecular formula is C17H20ClFNO5P. The highest BCUT2D eigenvalue weighted by molar-refractivity contribution is 7.54. The van der Waals surface area contributed by atoms with Gasteiger partial charge in [0.1, 0.15) is 11.6 Å². The Bertz CT molecular complexity index is 828. The second-order valence-electron chi connectivity index (χ2n) is 6.18. The second-order valence-corrected chi connectivity index (χ2v) is 8.46. The first-order chi connectivity index (χ1) is 12.3. The Hall–Kier alpha value is -1.40. The number of hydrogen-bond acceptors (Lipinski definition) is 4. The predicted octanol–water partition coefficient (Wildman–Crippen LogP) is 4.25. The Morgan fingerprint density at radius 2 is 2.08 bits per heavy atom. The van der Waals surface area contributed by atoms with Crippen molar-refractivity contribution in [2.24, 2.45) is 0 Å². The monoisotopic (exact) mass is 403 g/mol. The van der Waals surface area contributed by atoms with Crippen LogP contribution in [0.2, 0.25) is 5.02 Å². The normalized spacial score (nSPS) is 22.4. The molecule has 142 valence electrons. The van der Waals surface area contributed by atoms with E-state index in [1.807, 2.05) is 0 Å². The minimum Gasteiger partial charge on any atom is -0.495 e. The second kappa shape index (κ2) is 7.31. The summed E-state index contributed by atoms with van der Waals surface area (Å²) in [6, 6.07) is 2.30. The molecule has 0 spiro atoms. The smallest absolute Gasteiger partial charge is 0.355 e. The van der Waals surface area contributed by atoms with Gasteiger partial charge in [-0.2, -0.15) is 0 Å². The summed E-state index contributed by atoms with van der Waals surface area (Å²) >= 11 is 5.93. The van der Waals surface area contributed by atoms with Crippen LogP contribution in [-0.4, -0.2) is 30.3 Å². The Morgan fingerprint density at radius 1 is 1.38 bits per heavy atom. The molecule has 0 fully saturated rings. The maximum Gasteiger partial charge on any atom is 0.355 e. The number of amides is 1. The maximum absolute atomic E-state index is 14.7. The van der Waals surface area contributed by atoms with Crippen LogP contribution < -0.4 is 9.64 Å². The van der Waals surface area contributed by atoms with Crippen molar-refractivity contribution in [2.45, 2.75) is 38.4 Å². The summed E-state index contributed by atoms with van der Waals surface area (Å²) < 4.78 is 37.7. The largest absolute Gasteiger partial charge is 0.495 e. The van der Waals surface area contributed by atoms with Crippen molar-refractivity contribution in [3.8, 4) is 5.75 Å². The van der Waals surface area contributed by atoms with E-state index in [1.165, 1.54) is 13.2 Å². The van der Waals surface area contributed by atoms with Crippen molar-refractivity contribution in [3.63, 3.8) is 0 Å². The first-order valence-corrected chi connectivity index (χ1v) is 10.4. The van der Waals surface area contributed by atoms with Crippen molar-refractivity contribution < 1.29 is 27.9 Å². The summed E-state index contributed by atoms with van der Waals surface area (Å²) in [6.07, 6.45) is 2.61. The molecular weight excluding hydrogens is 384 g/mol. The third-order valence-corrected chi connectivity index (χ3v) is 6.73. The molecule has 1 N–H and O–H groups in total. The quantitative estimate of drug-likeness (QED) is 0.744. The molecule has 1 aromatic rings. The van der Waals surface area contributed by atoms with E-state index in [2.05, 4.69) is 0 Å². The van der Waals surface area contributed by atoms with Crippen LogP contribution in [0.25, 0.3) is 0 Å². The number of carbonyl (C=O) groups is 1. The molecule has 0 bridgehead atoms. The first-order valence-electron chi connectivity index (χ1n) is 8.37. The lowest BCUT2D eigenvalue weighted by atomic mass is 9.94. The van der Waals surface area contributed by atoms with Gasteiger partial charge in [0, 0.05) is 11.6 Å². The molecule has 2 unspecified atom stereocenters. The Balaban J connectivity index is 2.16. The first kappa shape index (κ1) is 19.4. The third-order valence-electron chi connectivity index (χ3n) is 4.65. The number of carbonyl (C=O) groups excluding carboxylic acids is 1. The van der Waals surface area contributed by atoms with Crippen molar-refractivity contribution in [1.82, 2.24) is 0 Å². The molecule has 9 heteroatoms. The number of ether oxygens (including phenoxy) is 1. The SMILES string of the molecule is CCOP(=O)(O)C1C2=C(CCCC2)C(=O)N1c1cc(OC)c(Cl)cc1F. The van der Waals surface area contributed by atoms with E-state index in [0.29, 0.717) is 24.0 Å². The fraction of sp³-hybridized carbons (Fsp3) is 0.471. The zero-order valence-electron chi connectivity index (χ0n) is 14.5. The van der Waals surface area contributed by atoms with Crippen LogP contribution in [0.5, 0.6) is 5.75 Å². The Labute approximate surface area is 156 Å². The lowest BCUT2D eigenvalue weighted by Crippen LogP contribution is -2.36. The van der Waals surface area contributed by atoms with E-state index in [0.717, 1.165) is 23.8 Å². The van der Waals surface area contributed by atoms with Crippen LogP contribution in [0.1, 0.15) is 32.6 Å². The standard InChI is InChI=1S/C17H20ClFNO5P/c1-3-25-26(22,23)17-11-7-5-4-6-10(11)16(21)20(17)14-9-15(24-2)12(18)8-13(14)19/h8-9,17H,3-7H2,1-2H3,(H,22,23). The molecule has 1 aliphatic heterocycles. The molecule has 0 radical (unpaired) electrons. The van der Waals surface area contributed by atoms with Gasteiger partial charge in [-0.05, 0) is 44.2 Å². The fourth-order valence-electron chi connectivity index (χ4n) is 3.57. The number of benzene rings is 1. The molecule has 1 aliphatic carbocycles. The van der Waals surface area contributed by atoms with Gasteiger partial charge in [-0.1, -0.05) is 11.6 Å². The van der Waals surface area contributed by atoms with Gasteiger partial charge in [-0.25, -0.2) is 4.39 Å². The van der Waals surface area contributed by atoms with Gasteiger partial charge in [0.05, 0.1) is 24.4 Å². The molecule has 2 aliphatic rings. The van der Waals surface area contributed by atoms with Crippen LogP contribution in [0.3, 0.4) is 0 Å². The van der Waals surface area contributed by atoms with Crippen molar-refractivity contribution in [1.29, 1.82) is 0 Å². The summed E-state index contributed by atoms with van der Waals surface area (Å²) in [5.74, 6) is -2.30. The van der Waals surface area contributed by atoms with Gasteiger partial charge in [-0.3, -0.25) is 14.3 Å². The number of hydrogen-bond donors (Lipinski definition) is 1. The van der Waals surface area contributed by atoms with Gasteiger partial charge in [0.15, 0.2) is 5.78 Å². The Morgan fingerprint density at radius 3 is 2.73 bits per heavy atom. The molecule has 6 nitrogen and oxygen atoms in total. The van der Waals surface area contributed by atoms with Crippen molar-refractivity contribution in [2.75, 3.05) is 18.6 Å². The van der Waals surface area contributed by atoms with Crippen molar-refractivity contribution >= 4 is 30.8 Å². The van der Waals surface area contributed by atoms with E-state index in [1.54, 1.807) is 6.92 Å². The molecule has 1 amide bonds. The minimum absolute atomic E-state index is 0.00133. The number of halogens is 2. The minimum atomic E-state index is -4.24. The Kier molecular flexibility index (Phi) is 5.45. The molecule has 3 rings (SSSR count). The summed E-state index contributed by atoms with van der Waals surface area (Å²) in [6.45, 7) is 1.59. The zero-order chi connectivity index (χ0) is 19.1. The fourth-order valence-corrected chi connectivity index (χ4v) is 5.51. The highest BCUT2D eigenvalue weighted by Gasteiger charge is 2.51. The molecule has 0 saturated heterocycles.